The van der Waals surface area contributed by atoms with Gasteiger partial charge in [-0.25, -0.2) is 4.39 Å². The number of halogens is 1. The summed E-state index contributed by atoms with van der Waals surface area (Å²) in [6.45, 7) is 3.40. The van der Waals surface area contributed by atoms with Gasteiger partial charge < -0.3 is 15.7 Å². The van der Waals surface area contributed by atoms with E-state index in [2.05, 4.69) is 4.90 Å². The fourth-order valence-corrected chi connectivity index (χ4v) is 4.04. The summed E-state index contributed by atoms with van der Waals surface area (Å²) >= 11 is 0. The van der Waals surface area contributed by atoms with Crippen LogP contribution in [0.5, 0.6) is 0 Å². The molecule has 0 aromatic heterocycles. The molecule has 0 bridgehead atoms. The van der Waals surface area contributed by atoms with Crippen LogP contribution in [0.2, 0.25) is 0 Å². The minimum absolute atomic E-state index is 0.230. The second kappa shape index (κ2) is 5.58. The Morgan fingerprint density at radius 1 is 1.38 bits per heavy atom. The van der Waals surface area contributed by atoms with E-state index in [1.807, 2.05) is 13.0 Å². The molecule has 0 spiro atoms. The minimum atomic E-state index is -0.503. The number of anilines is 1. The fourth-order valence-electron chi connectivity index (χ4n) is 4.04. The number of nitrogens with zero attached hydrogens (tertiary/aromatic N) is 1. The highest BCUT2D eigenvalue weighted by atomic mass is 19.1. The molecule has 3 rings (SSSR count). The first kappa shape index (κ1) is 14.8. The molecular weight excluding hydrogens is 267 g/mol. The number of nitrogens with two attached hydrogens (primary N) is 1. The number of rotatable bonds is 2. The normalized spacial score (nSPS) is 30.9. The van der Waals surface area contributed by atoms with Crippen molar-refractivity contribution in [2.45, 2.75) is 50.7 Å². The number of hydrogen-bond donors (Lipinski definition) is 2. The second-order valence-electron chi connectivity index (χ2n) is 6.70. The first-order valence-electron chi connectivity index (χ1n) is 8.02. The van der Waals surface area contributed by atoms with E-state index in [0.29, 0.717) is 11.5 Å². The number of benzene rings is 1. The van der Waals surface area contributed by atoms with Crippen LogP contribution in [-0.2, 0) is 0 Å². The maximum atomic E-state index is 14.1. The van der Waals surface area contributed by atoms with Gasteiger partial charge in [-0.2, -0.15) is 0 Å². The van der Waals surface area contributed by atoms with Crippen LogP contribution in [0.1, 0.15) is 50.6 Å². The number of fused-ring (bicyclic) bond motifs is 1. The molecule has 2 aliphatic rings. The van der Waals surface area contributed by atoms with Crippen LogP contribution in [0, 0.1) is 11.7 Å². The third kappa shape index (κ3) is 2.67. The average Bonchev–Trinajstić information content (AvgIpc) is 2.45. The van der Waals surface area contributed by atoms with Crippen molar-refractivity contribution >= 4 is 5.69 Å². The summed E-state index contributed by atoms with van der Waals surface area (Å²) in [6.07, 6.45) is 5.05. The average molecular weight is 292 g/mol. The van der Waals surface area contributed by atoms with Crippen LogP contribution >= 0.6 is 0 Å². The molecule has 4 heteroatoms. The molecule has 21 heavy (non-hydrogen) atoms. The van der Waals surface area contributed by atoms with Gasteiger partial charge in [-0.1, -0.05) is 18.9 Å². The van der Waals surface area contributed by atoms with Crippen LogP contribution in [0.3, 0.4) is 0 Å². The van der Waals surface area contributed by atoms with Gasteiger partial charge in [0.15, 0.2) is 0 Å². The summed E-state index contributed by atoms with van der Waals surface area (Å²) < 4.78 is 14.1. The van der Waals surface area contributed by atoms with E-state index in [0.717, 1.165) is 44.5 Å². The lowest BCUT2D eigenvalue weighted by molar-refractivity contribution is -0.0612. The Morgan fingerprint density at radius 3 is 2.95 bits per heavy atom. The molecule has 3 N–H and O–H groups in total. The molecule has 3 nitrogen and oxygen atoms in total. The summed E-state index contributed by atoms with van der Waals surface area (Å²) in [5.41, 5.74) is 6.96. The number of hydrogen-bond acceptors (Lipinski definition) is 3. The highest BCUT2D eigenvalue weighted by molar-refractivity contribution is 5.56. The van der Waals surface area contributed by atoms with Crippen molar-refractivity contribution in [1.29, 1.82) is 0 Å². The lowest BCUT2D eigenvalue weighted by atomic mass is 9.71. The van der Waals surface area contributed by atoms with Crippen LogP contribution < -0.4 is 10.6 Å². The molecule has 3 unspecified atom stereocenters. The molecule has 1 aromatic carbocycles. The van der Waals surface area contributed by atoms with Gasteiger partial charge in [0.25, 0.3) is 0 Å². The monoisotopic (exact) mass is 292 g/mol. The van der Waals surface area contributed by atoms with Gasteiger partial charge >= 0.3 is 0 Å². The van der Waals surface area contributed by atoms with Crippen LogP contribution in [0.15, 0.2) is 18.2 Å². The van der Waals surface area contributed by atoms with Crippen molar-refractivity contribution < 1.29 is 9.50 Å². The van der Waals surface area contributed by atoms with Gasteiger partial charge in [-0.3, -0.25) is 0 Å². The molecule has 1 saturated heterocycles. The first-order chi connectivity index (χ1) is 10.0. The topological polar surface area (TPSA) is 49.5 Å². The molecule has 1 heterocycles. The maximum Gasteiger partial charge on any atom is 0.130 e. The van der Waals surface area contributed by atoms with Crippen molar-refractivity contribution in [3.05, 3.63) is 29.6 Å². The molecule has 1 aliphatic heterocycles. The Morgan fingerprint density at radius 2 is 2.19 bits per heavy atom. The fraction of sp³-hybridized carbons (Fsp3) is 0.647. The predicted molar refractivity (Wildman–Crippen MR) is 82.7 cm³/mol. The third-order valence-corrected chi connectivity index (χ3v) is 5.25. The van der Waals surface area contributed by atoms with Gasteiger partial charge in [-0.15, -0.1) is 0 Å². The van der Waals surface area contributed by atoms with Crippen LogP contribution in [0.25, 0.3) is 0 Å². The van der Waals surface area contributed by atoms with Crippen molar-refractivity contribution in [2.75, 3.05) is 18.0 Å². The zero-order valence-electron chi connectivity index (χ0n) is 12.7. The smallest absolute Gasteiger partial charge is 0.130 e. The lowest BCUT2D eigenvalue weighted by Crippen LogP contribution is -2.53. The molecule has 1 aromatic rings. The van der Waals surface area contributed by atoms with E-state index in [1.54, 1.807) is 6.07 Å². The number of piperidine rings is 1. The maximum absolute atomic E-state index is 14.1. The highest BCUT2D eigenvalue weighted by Gasteiger charge is 2.43. The Labute approximate surface area is 125 Å². The molecule has 116 valence electrons. The predicted octanol–water partition coefficient (Wildman–Crippen LogP) is 2.98. The van der Waals surface area contributed by atoms with Crippen LogP contribution in [0.4, 0.5) is 10.1 Å². The highest BCUT2D eigenvalue weighted by Crippen LogP contribution is 2.42. The molecular formula is C17H25FN2O. The Hall–Kier alpha value is -1.13. The Bertz CT molecular complexity index is 520. The van der Waals surface area contributed by atoms with Crippen molar-refractivity contribution in [2.24, 2.45) is 11.7 Å². The SMILES string of the molecule is CC(N)c1c(F)cccc1N1CCC2(O)CCCCC2C1. The molecule has 0 radical (unpaired) electrons. The standard InChI is InChI=1S/C17H25FN2O/c1-12(19)16-14(18)6-4-7-15(16)20-10-9-17(21)8-3-2-5-13(17)11-20/h4,6-7,12-13,21H,2-3,5,8-11,19H2,1H3. The zero-order valence-corrected chi connectivity index (χ0v) is 12.7. The van der Waals surface area contributed by atoms with Gasteiger partial charge in [0.2, 0.25) is 0 Å². The number of aliphatic hydroxyl groups is 1. The van der Waals surface area contributed by atoms with Crippen molar-refractivity contribution in [3.63, 3.8) is 0 Å². The summed E-state index contributed by atoms with van der Waals surface area (Å²) in [6, 6.07) is 4.85. The van der Waals surface area contributed by atoms with Crippen LogP contribution in [-0.4, -0.2) is 23.8 Å². The van der Waals surface area contributed by atoms with Gasteiger partial charge in [0.1, 0.15) is 5.82 Å². The molecule has 2 fully saturated rings. The summed E-state index contributed by atoms with van der Waals surface area (Å²) in [5, 5.41) is 10.8. The summed E-state index contributed by atoms with van der Waals surface area (Å²) in [7, 11) is 0. The van der Waals surface area contributed by atoms with E-state index in [9.17, 15) is 9.50 Å². The molecule has 0 amide bonds. The van der Waals surface area contributed by atoms with Crippen molar-refractivity contribution in [3.8, 4) is 0 Å². The summed E-state index contributed by atoms with van der Waals surface area (Å²) in [4.78, 5) is 2.21. The van der Waals surface area contributed by atoms with Gasteiger partial charge in [0, 0.05) is 36.3 Å². The second-order valence-corrected chi connectivity index (χ2v) is 6.70. The minimum Gasteiger partial charge on any atom is -0.389 e. The quantitative estimate of drug-likeness (QED) is 0.881. The summed E-state index contributed by atoms with van der Waals surface area (Å²) in [5.74, 6) is 0.0659. The van der Waals surface area contributed by atoms with E-state index >= 15 is 0 Å². The Balaban J connectivity index is 1.87. The van der Waals surface area contributed by atoms with Crippen molar-refractivity contribution in [1.82, 2.24) is 0 Å². The van der Waals surface area contributed by atoms with E-state index in [-0.39, 0.29) is 11.9 Å². The third-order valence-electron chi connectivity index (χ3n) is 5.25. The van der Waals surface area contributed by atoms with Gasteiger partial charge in [0.05, 0.1) is 5.60 Å². The van der Waals surface area contributed by atoms with Gasteiger partial charge in [-0.05, 0) is 38.3 Å². The van der Waals surface area contributed by atoms with E-state index in [4.69, 9.17) is 5.73 Å². The molecule has 1 aliphatic carbocycles. The zero-order chi connectivity index (χ0) is 15.0. The largest absolute Gasteiger partial charge is 0.389 e. The Kier molecular flexibility index (Phi) is 3.93. The molecule has 1 saturated carbocycles. The first-order valence-corrected chi connectivity index (χ1v) is 8.02. The lowest BCUT2D eigenvalue weighted by Gasteiger charge is -2.48. The van der Waals surface area contributed by atoms with E-state index in [1.165, 1.54) is 12.5 Å². The van der Waals surface area contributed by atoms with E-state index < -0.39 is 5.60 Å². The molecule has 3 atom stereocenters.